The number of aromatic nitrogens is 1. The Morgan fingerprint density at radius 3 is 2.82 bits per heavy atom. The topological polar surface area (TPSA) is 38.9 Å². The highest BCUT2D eigenvalue weighted by Gasteiger charge is 2.33. The summed E-state index contributed by atoms with van der Waals surface area (Å²) in [7, 11) is 0. The van der Waals surface area contributed by atoms with Crippen LogP contribution in [-0.2, 0) is 18.4 Å². The quantitative estimate of drug-likeness (QED) is 0.837. The van der Waals surface area contributed by atoms with E-state index in [0.29, 0.717) is 0 Å². The molecule has 1 aromatic heterocycles. The predicted octanol–water partition coefficient (Wildman–Crippen LogP) is 2.79. The molecule has 17 heavy (non-hydrogen) atoms. The van der Waals surface area contributed by atoms with Crippen LogP contribution in [-0.4, -0.2) is 4.98 Å². The van der Waals surface area contributed by atoms with Gasteiger partial charge in [0.15, 0.2) is 0 Å². The minimum atomic E-state index is -0.201. The third-order valence-corrected chi connectivity index (χ3v) is 4.53. The summed E-state index contributed by atoms with van der Waals surface area (Å²) in [6.07, 6.45) is 2.93. The third kappa shape index (κ3) is 1.90. The van der Waals surface area contributed by atoms with E-state index in [-0.39, 0.29) is 5.54 Å². The Balaban J connectivity index is 1.97. The number of thiazole rings is 1. The summed E-state index contributed by atoms with van der Waals surface area (Å²) in [4.78, 5) is 5.95. The number of benzene rings is 1. The standard InChI is InChI=1S/C14H16N2S/c1-10-16-12-7-8-14(15,9-13(12)17-10)11-5-3-2-4-6-11/h2-6H,7-9,15H2,1H3. The molecule has 0 saturated heterocycles. The first kappa shape index (κ1) is 10.9. The minimum Gasteiger partial charge on any atom is -0.321 e. The fraction of sp³-hybridized carbons (Fsp3) is 0.357. The van der Waals surface area contributed by atoms with E-state index in [1.54, 1.807) is 11.3 Å². The van der Waals surface area contributed by atoms with Crippen molar-refractivity contribution in [3.05, 3.63) is 51.5 Å². The highest BCUT2D eigenvalue weighted by Crippen LogP contribution is 2.36. The molecule has 1 aliphatic carbocycles. The van der Waals surface area contributed by atoms with Crippen molar-refractivity contribution < 1.29 is 0 Å². The Morgan fingerprint density at radius 1 is 1.29 bits per heavy atom. The van der Waals surface area contributed by atoms with E-state index in [2.05, 4.69) is 36.2 Å². The zero-order valence-electron chi connectivity index (χ0n) is 9.94. The van der Waals surface area contributed by atoms with Gasteiger partial charge in [0.25, 0.3) is 0 Å². The maximum absolute atomic E-state index is 6.58. The normalized spacial score (nSPS) is 23.4. The lowest BCUT2D eigenvalue weighted by Gasteiger charge is -2.33. The first-order chi connectivity index (χ1) is 8.17. The molecule has 88 valence electrons. The van der Waals surface area contributed by atoms with Crippen molar-refractivity contribution in [1.82, 2.24) is 4.98 Å². The number of nitrogens with zero attached hydrogens (tertiary/aromatic N) is 1. The molecule has 0 spiro atoms. The summed E-state index contributed by atoms with van der Waals surface area (Å²) in [5.41, 5.74) is 8.90. The van der Waals surface area contributed by atoms with Gasteiger partial charge in [-0.2, -0.15) is 0 Å². The molecular weight excluding hydrogens is 228 g/mol. The van der Waals surface area contributed by atoms with Crippen LogP contribution in [0.2, 0.25) is 0 Å². The summed E-state index contributed by atoms with van der Waals surface area (Å²) < 4.78 is 0. The van der Waals surface area contributed by atoms with Crippen LogP contribution in [0.25, 0.3) is 0 Å². The first-order valence-electron chi connectivity index (χ1n) is 5.97. The van der Waals surface area contributed by atoms with E-state index in [4.69, 9.17) is 5.73 Å². The van der Waals surface area contributed by atoms with E-state index >= 15 is 0 Å². The van der Waals surface area contributed by atoms with Crippen LogP contribution in [0.1, 0.15) is 27.6 Å². The van der Waals surface area contributed by atoms with Crippen LogP contribution in [0.3, 0.4) is 0 Å². The number of hydrogen-bond donors (Lipinski definition) is 1. The lowest BCUT2D eigenvalue weighted by molar-refractivity contribution is 0.386. The molecular formula is C14H16N2S. The molecule has 0 fully saturated rings. The number of fused-ring (bicyclic) bond motifs is 1. The van der Waals surface area contributed by atoms with Crippen LogP contribution < -0.4 is 5.73 Å². The van der Waals surface area contributed by atoms with Crippen molar-refractivity contribution in [1.29, 1.82) is 0 Å². The lowest BCUT2D eigenvalue weighted by Crippen LogP contribution is -2.41. The molecule has 2 N–H and O–H groups in total. The van der Waals surface area contributed by atoms with Gasteiger partial charge in [0, 0.05) is 16.8 Å². The van der Waals surface area contributed by atoms with Gasteiger partial charge in [0.2, 0.25) is 0 Å². The Kier molecular flexibility index (Phi) is 2.53. The molecule has 2 aromatic rings. The van der Waals surface area contributed by atoms with Crippen molar-refractivity contribution in [2.75, 3.05) is 0 Å². The van der Waals surface area contributed by atoms with Gasteiger partial charge in [-0.1, -0.05) is 30.3 Å². The van der Waals surface area contributed by atoms with E-state index in [1.165, 1.54) is 16.1 Å². The molecule has 3 heteroatoms. The maximum atomic E-state index is 6.58. The second-order valence-electron chi connectivity index (χ2n) is 4.80. The molecule has 1 aromatic carbocycles. The monoisotopic (exact) mass is 244 g/mol. The van der Waals surface area contributed by atoms with E-state index < -0.39 is 0 Å². The van der Waals surface area contributed by atoms with Gasteiger partial charge >= 0.3 is 0 Å². The van der Waals surface area contributed by atoms with Gasteiger partial charge in [-0.15, -0.1) is 11.3 Å². The van der Waals surface area contributed by atoms with Gasteiger partial charge in [-0.05, 0) is 25.3 Å². The zero-order valence-corrected chi connectivity index (χ0v) is 10.8. The van der Waals surface area contributed by atoms with E-state index in [0.717, 1.165) is 24.3 Å². The Hall–Kier alpha value is -1.19. The van der Waals surface area contributed by atoms with Crippen molar-refractivity contribution in [3.63, 3.8) is 0 Å². The number of rotatable bonds is 1. The molecule has 2 nitrogen and oxygen atoms in total. The van der Waals surface area contributed by atoms with Crippen LogP contribution in [0.5, 0.6) is 0 Å². The highest BCUT2D eigenvalue weighted by molar-refractivity contribution is 7.11. The SMILES string of the molecule is Cc1nc2c(s1)CC(N)(c1ccccc1)CC2. The van der Waals surface area contributed by atoms with Crippen LogP contribution in [0, 0.1) is 6.92 Å². The van der Waals surface area contributed by atoms with Crippen molar-refractivity contribution in [2.45, 2.75) is 31.7 Å². The van der Waals surface area contributed by atoms with Gasteiger partial charge in [-0.25, -0.2) is 4.98 Å². The van der Waals surface area contributed by atoms with Gasteiger partial charge in [0.05, 0.1) is 10.7 Å². The maximum Gasteiger partial charge on any atom is 0.0900 e. The van der Waals surface area contributed by atoms with E-state index in [9.17, 15) is 0 Å². The van der Waals surface area contributed by atoms with E-state index in [1.807, 2.05) is 6.07 Å². The van der Waals surface area contributed by atoms with Gasteiger partial charge in [-0.3, -0.25) is 0 Å². The fourth-order valence-electron chi connectivity index (χ4n) is 2.58. The molecule has 0 amide bonds. The summed E-state index contributed by atoms with van der Waals surface area (Å²) in [6, 6.07) is 10.4. The molecule has 0 radical (unpaired) electrons. The van der Waals surface area contributed by atoms with Gasteiger partial charge < -0.3 is 5.73 Å². The predicted molar refractivity (Wildman–Crippen MR) is 71.2 cm³/mol. The average Bonchev–Trinajstić information content (AvgIpc) is 2.69. The summed E-state index contributed by atoms with van der Waals surface area (Å²) >= 11 is 1.80. The van der Waals surface area contributed by atoms with Crippen molar-refractivity contribution in [3.8, 4) is 0 Å². The third-order valence-electron chi connectivity index (χ3n) is 3.52. The molecule has 1 aliphatic rings. The summed E-state index contributed by atoms with van der Waals surface area (Å²) in [5.74, 6) is 0. The molecule has 1 atom stereocenters. The molecule has 0 aliphatic heterocycles. The van der Waals surface area contributed by atoms with Crippen molar-refractivity contribution in [2.24, 2.45) is 5.73 Å². The summed E-state index contributed by atoms with van der Waals surface area (Å²) in [6.45, 7) is 2.07. The highest BCUT2D eigenvalue weighted by atomic mass is 32.1. The molecule has 0 bridgehead atoms. The van der Waals surface area contributed by atoms with Crippen LogP contribution in [0.15, 0.2) is 30.3 Å². The molecule has 0 saturated carbocycles. The molecule has 3 rings (SSSR count). The minimum absolute atomic E-state index is 0.201. The second-order valence-corrected chi connectivity index (χ2v) is 6.09. The molecule has 1 heterocycles. The largest absolute Gasteiger partial charge is 0.321 e. The number of hydrogen-bond acceptors (Lipinski definition) is 3. The average molecular weight is 244 g/mol. The fourth-order valence-corrected chi connectivity index (χ4v) is 3.69. The second kappa shape index (κ2) is 3.93. The Morgan fingerprint density at radius 2 is 2.06 bits per heavy atom. The first-order valence-corrected chi connectivity index (χ1v) is 6.79. The Labute approximate surface area is 106 Å². The van der Waals surface area contributed by atoms with Crippen molar-refractivity contribution >= 4 is 11.3 Å². The molecule has 1 unspecified atom stereocenters. The zero-order chi connectivity index (χ0) is 11.9. The Bertz CT molecular complexity index is 532. The number of aryl methyl sites for hydroxylation is 2. The van der Waals surface area contributed by atoms with Crippen LogP contribution in [0.4, 0.5) is 0 Å². The number of nitrogens with two attached hydrogens (primary N) is 1. The smallest absolute Gasteiger partial charge is 0.0900 e. The van der Waals surface area contributed by atoms with Gasteiger partial charge in [0.1, 0.15) is 0 Å². The lowest BCUT2D eigenvalue weighted by atomic mass is 9.79. The van der Waals surface area contributed by atoms with Crippen LogP contribution >= 0.6 is 11.3 Å². The summed E-state index contributed by atoms with van der Waals surface area (Å²) in [5, 5.41) is 1.16.